The molecule has 0 radical (unpaired) electrons. The van der Waals surface area contributed by atoms with Gasteiger partial charge in [0.1, 0.15) is 17.5 Å². The molecule has 0 bridgehead atoms. The van der Waals surface area contributed by atoms with Crippen molar-refractivity contribution in [2.45, 2.75) is 26.4 Å². The van der Waals surface area contributed by atoms with E-state index in [9.17, 15) is 9.18 Å². The van der Waals surface area contributed by atoms with Gasteiger partial charge < -0.3 is 19.7 Å². The van der Waals surface area contributed by atoms with Gasteiger partial charge in [0, 0.05) is 13.1 Å². The van der Waals surface area contributed by atoms with Gasteiger partial charge in [-0.3, -0.25) is 10.3 Å². The van der Waals surface area contributed by atoms with Crippen LogP contribution in [0.25, 0.3) is 0 Å². The van der Waals surface area contributed by atoms with Crippen LogP contribution in [0.5, 0.6) is 0 Å². The van der Waals surface area contributed by atoms with E-state index in [0.29, 0.717) is 37.6 Å². The highest BCUT2D eigenvalue weighted by atomic mass is 32.1. The minimum absolute atomic E-state index is 0.238. The van der Waals surface area contributed by atoms with E-state index in [2.05, 4.69) is 22.3 Å². The van der Waals surface area contributed by atoms with Crippen LogP contribution in [0.1, 0.15) is 20.3 Å². The van der Waals surface area contributed by atoms with E-state index in [1.165, 1.54) is 21.4 Å². The van der Waals surface area contributed by atoms with Gasteiger partial charge in [-0.25, -0.2) is 9.18 Å². The molecule has 0 aliphatic carbocycles. The summed E-state index contributed by atoms with van der Waals surface area (Å²) < 4.78 is 24.0. The standard InChI is InChI=1S/C15H21FN4O2.C3H6OS/c1-3-6-19(10-17)14-5-4-11(7-13(14)16)20-9-12(8-18-2)22-15(20)21;1-2-4-3-5/h4-5,7,10,12,17-18H,3,6,8-9H2,1-2H3;3H,2H2,1H3. The van der Waals surface area contributed by atoms with Gasteiger partial charge in [0.2, 0.25) is 0 Å². The van der Waals surface area contributed by atoms with E-state index >= 15 is 0 Å². The molecule has 27 heavy (non-hydrogen) atoms. The van der Waals surface area contributed by atoms with Gasteiger partial charge in [-0.2, -0.15) is 0 Å². The van der Waals surface area contributed by atoms with Crippen LogP contribution in [0.2, 0.25) is 0 Å². The first-order valence-corrected chi connectivity index (χ1v) is 9.24. The highest BCUT2D eigenvalue weighted by molar-refractivity contribution is 7.78. The lowest BCUT2D eigenvalue weighted by Gasteiger charge is -2.20. The summed E-state index contributed by atoms with van der Waals surface area (Å²) in [6, 6.07) is 4.57. The van der Waals surface area contributed by atoms with E-state index in [1.807, 2.05) is 13.8 Å². The average molecular weight is 399 g/mol. The Morgan fingerprint density at radius 2 is 2.26 bits per heavy atom. The van der Waals surface area contributed by atoms with Crippen molar-refractivity contribution in [1.29, 1.82) is 5.41 Å². The number of halogens is 1. The van der Waals surface area contributed by atoms with Crippen LogP contribution in [0, 0.1) is 11.2 Å². The first-order chi connectivity index (χ1) is 13.0. The fraction of sp³-hybridized carbons (Fsp3) is 0.500. The van der Waals surface area contributed by atoms with E-state index in [0.717, 1.165) is 12.8 Å². The molecule has 1 fully saturated rings. The molecule has 1 atom stereocenters. The van der Waals surface area contributed by atoms with Crippen molar-refractivity contribution < 1.29 is 18.7 Å². The number of amides is 1. The van der Waals surface area contributed by atoms with Crippen molar-refractivity contribution in [1.82, 2.24) is 5.32 Å². The van der Waals surface area contributed by atoms with Crippen LogP contribution in [0.15, 0.2) is 18.2 Å². The summed E-state index contributed by atoms with van der Waals surface area (Å²) in [6.45, 7) is 6.05. The largest absolute Gasteiger partial charge is 0.490 e. The summed E-state index contributed by atoms with van der Waals surface area (Å²) in [5.41, 5.74) is 2.06. The van der Waals surface area contributed by atoms with Gasteiger partial charge in [-0.05, 0) is 50.8 Å². The van der Waals surface area contributed by atoms with Crippen molar-refractivity contribution in [2.75, 3.05) is 43.1 Å². The highest BCUT2D eigenvalue weighted by Gasteiger charge is 2.32. The Morgan fingerprint density at radius 1 is 1.52 bits per heavy atom. The normalized spacial score (nSPS) is 15.5. The Labute approximate surface area is 164 Å². The SMILES string of the molecule is CCCN(C=N)c1ccc(N2CC(CNC)OC2=O)cc1F.CCOC=S. The second-order valence-electron chi connectivity index (χ2n) is 5.68. The quantitative estimate of drug-likeness (QED) is 0.378. The highest BCUT2D eigenvalue weighted by Crippen LogP contribution is 2.27. The molecule has 1 heterocycles. The molecule has 2 N–H and O–H groups in total. The van der Waals surface area contributed by atoms with Crippen molar-refractivity contribution in [3.63, 3.8) is 0 Å². The molecular weight excluding hydrogens is 371 g/mol. The van der Waals surface area contributed by atoms with Gasteiger partial charge in [-0.15, -0.1) is 0 Å². The lowest BCUT2D eigenvalue weighted by Crippen LogP contribution is -2.29. The Bertz CT molecular complexity index is 633. The smallest absolute Gasteiger partial charge is 0.414 e. The molecule has 9 heteroatoms. The molecular formula is C18H27FN4O3S. The van der Waals surface area contributed by atoms with Gasteiger partial charge in [-0.1, -0.05) is 6.92 Å². The number of hydrogen-bond donors (Lipinski definition) is 2. The fourth-order valence-corrected chi connectivity index (χ4v) is 2.66. The number of ether oxygens (including phenoxy) is 2. The number of rotatable bonds is 9. The Balaban J connectivity index is 0.000000646. The van der Waals surface area contributed by atoms with E-state index in [-0.39, 0.29) is 6.10 Å². The summed E-state index contributed by atoms with van der Waals surface area (Å²) in [6.07, 6.45) is 1.21. The van der Waals surface area contributed by atoms with Gasteiger partial charge in [0.25, 0.3) is 0 Å². The Kier molecular flexibility index (Phi) is 10.3. The van der Waals surface area contributed by atoms with Crippen LogP contribution >= 0.6 is 12.2 Å². The number of carbonyl (C=O) groups excluding carboxylic acids is 1. The fourth-order valence-electron chi connectivity index (χ4n) is 2.53. The van der Waals surface area contributed by atoms with Crippen LogP contribution < -0.4 is 15.1 Å². The van der Waals surface area contributed by atoms with Gasteiger partial charge in [0.15, 0.2) is 0 Å². The third-order valence-corrected chi connectivity index (χ3v) is 3.85. The molecule has 1 aliphatic rings. The van der Waals surface area contributed by atoms with Crippen LogP contribution in [-0.4, -0.2) is 57.4 Å². The minimum Gasteiger partial charge on any atom is -0.490 e. The summed E-state index contributed by atoms with van der Waals surface area (Å²) in [5, 5.41) is 10.3. The number of benzene rings is 1. The molecule has 1 aromatic carbocycles. The number of hydrogen-bond acceptors (Lipinski definition) is 6. The first kappa shape index (κ1) is 22.8. The number of anilines is 2. The third-order valence-electron chi connectivity index (χ3n) is 3.71. The van der Waals surface area contributed by atoms with E-state index in [1.54, 1.807) is 19.2 Å². The second kappa shape index (κ2) is 12.2. The van der Waals surface area contributed by atoms with Crippen molar-refractivity contribution in [3.8, 4) is 0 Å². The summed E-state index contributed by atoms with van der Waals surface area (Å²) in [4.78, 5) is 14.8. The zero-order valence-corrected chi connectivity index (χ0v) is 16.7. The predicted octanol–water partition coefficient (Wildman–Crippen LogP) is 3.17. The van der Waals surface area contributed by atoms with Crippen LogP contribution in [0.4, 0.5) is 20.6 Å². The van der Waals surface area contributed by atoms with Gasteiger partial charge in [0.05, 0.1) is 30.9 Å². The maximum Gasteiger partial charge on any atom is 0.414 e. The zero-order valence-electron chi connectivity index (χ0n) is 15.9. The summed E-state index contributed by atoms with van der Waals surface area (Å²) in [7, 11) is 1.78. The maximum absolute atomic E-state index is 14.3. The molecule has 1 aliphatic heterocycles. The molecule has 0 spiro atoms. The molecule has 0 aromatic heterocycles. The number of carbonyl (C=O) groups is 1. The minimum atomic E-state index is -0.468. The van der Waals surface area contributed by atoms with Crippen molar-refractivity contribution >= 4 is 41.6 Å². The Hall–Kier alpha value is -2.26. The first-order valence-electron chi connectivity index (χ1n) is 8.77. The topological polar surface area (TPSA) is 77.9 Å². The molecule has 1 aromatic rings. The predicted molar refractivity (Wildman–Crippen MR) is 110 cm³/mol. The zero-order chi connectivity index (χ0) is 20.2. The van der Waals surface area contributed by atoms with Crippen molar-refractivity contribution in [2.24, 2.45) is 0 Å². The molecule has 7 nitrogen and oxygen atoms in total. The van der Waals surface area contributed by atoms with E-state index in [4.69, 9.17) is 10.1 Å². The van der Waals surface area contributed by atoms with E-state index < -0.39 is 11.9 Å². The monoisotopic (exact) mass is 398 g/mol. The van der Waals surface area contributed by atoms with Crippen molar-refractivity contribution in [3.05, 3.63) is 24.0 Å². The molecule has 0 saturated carbocycles. The molecule has 1 unspecified atom stereocenters. The number of likely N-dealkylation sites (N-methyl/N-ethyl adjacent to an activating group) is 1. The number of nitrogens with one attached hydrogen (secondary N) is 2. The maximum atomic E-state index is 14.3. The molecule has 2 rings (SSSR count). The van der Waals surface area contributed by atoms with Crippen LogP contribution in [-0.2, 0) is 9.47 Å². The lowest BCUT2D eigenvalue weighted by molar-refractivity contribution is 0.141. The summed E-state index contributed by atoms with van der Waals surface area (Å²) >= 11 is 4.30. The number of thiocarbonyl (C=S) groups is 1. The molecule has 150 valence electrons. The second-order valence-corrected chi connectivity index (χ2v) is 5.88. The average Bonchev–Trinajstić information content (AvgIpc) is 3.02. The third kappa shape index (κ3) is 6.76. The number of nitrogens with zero attached hydrogens (tertiary/aromatic N) is 2. The number of cyclic esters (lactones) is 1. The van der Waals surface area contributed by atoms with Crippen LogP contribution in [0.3, 0.4) is 0 Å². The lowest BCUT2D eigenvalue weighted by atomic mass is 10.2. The Morgan fingerprint density at radius 3 is 2.74 bits per heavy atom. The molecule has 1 amide bonds. The molecule has 1 saturated heterocycles. The van der Waals surface area contributed by atoms with Gasteiger partial charge >= 0.3 is 6.09 Å². The summed E-state index contributed by atoms with van der Waals surface area (Å²) in [5.74, 6) is -0.459.